The predicted molar refractivity (Wildman–Crippen MR) is 94.3 cm³/mol. The van der Waals surface area contributed by atoms with Crippen LogP contribution in [0.4, 0.5) is 0 Å². The van der Waals surface area contributed by atoms with Gasteiger partial charge in [0.1, 0.15) is 24.0 Å². The number of ether oxygens (including phenoxy) is 2. The van der Waals surface area contributed by atoms with Crippen LogP contribution in [0.2, 0.25) is 5.02 Å². The summed E-state index contributed by atoms with van der Waals surface area (Å²) in [4.78, 5) is 11.8. The molecule has 0 unspecified atom stereocenters. The second kappa shape index (κ2) is 9.36. The fraction of sp³-hybridized carbons (Fsp3) is 0.588. The second-order valence-corrected chi connectivity index (χ2v) is 6.45. The molecule has 1 aliphatic carbocycles. The summed E-state index contributed by atoms with van der Waals surface area (Å²) in [5, 5.41) is 0.628. The summed E-state index contributed by atoms with van der Waals surface area (Å²) < 4.78 is 11.6. The van der Waals surface area contributed by atoms with Gasteiger partial charge < -0.3 is 15.2 Å². The highest BCUT2D eigenvalue weighted by Gasteiger charge is 2.33. The van der Waals surface area contributed by atoms with Crippen molar-refractivity contribution in [1.29, 1.82) is 0 Å². The first-order valence-electron chi connectivity index (χ1n) is 7.85. The Kier molecular flexibility index (Phi) is 8.17. The lowest BCUT2D eigenvalue weighted by molar-refractivity contribution is -0.155. The van der Waals surface area contributed by atoms with Gasteiger partial charge >= 0.3 is 5.97 Å². The summed E-state index contributed by atoms with van der Waals surface area (Å²) in [7, 11) is 0. The van der Waals surface area contributed by atoms with Crippen molar-refractivity contribution < 1.29 is 14.3 Å². The van der Waals surface area contributed by atoms with Gasteiger partial charge in [-0.1, -0.05) is 30.5 Å². The highest BCUT2D eigenvalue weighted by Crippen LogP contribution is 2.33. The van der Waals surface area contributed by atoms with E-state index in [-0.39, 0.29) is 24.6 Å². The van der Waals surface area contributed by atoms with Gasteiger partial charge in [-0.05, 0) is 50.8 Å². The Hall–Kier alpha value is -0.970. The van der Waals surface area contributed by atoms with E-state index in [0.29, 0.717) is 16.7 Å². The van der Waals surface area contributed by atoms with E-state index >= 15 is 0 Å². The fourth-order valence-electron chi connectivity index (χ4n) is 2.92. The monoisotopic (exact) mass is 361 g/mol. The summed E-state index contributed by atoms with van der Waals surface area (Å²) in [5.41, 5.74) is 5.58. The molecule has 1 aromatic carbocycles. The number of rotatable bonds is 6. The number of nitrogens with two attached hydrogens (primary N) is 1. The molecule has 6 heteroatoms. The van der Waals surface area contributed by atoms with Crippen molar-refractivity contribution in [3.63, 3.8) is 0 Å². The summed E-state index contributed by atoms with van der Waals surface area (Å²) in [5.74, 6) is 0.688. The SMILES string of the molecule is C[C@H](N)C(=O)O[C@@H](C)[C@H](Oc1cccc(Cl)c1)C1CCCC1.Cl. The molecule has 130 valence electrons. The van der Waals surface area contributed by atoms with Crippen molar-refractivity contribution in [2.75, 3.05) is 0 Å². The van der Waals surface area contributed by atoms with Crippen molar-refractivity contribution in [2.24, 2.45) is 11.7 Å². The van der Waals surface area contributed by atoms with E-state index in [0.717, 1.165) is 12.8 Å². The average Bonchev–Trinajstić information content (AvgIpc) is 2.98. The third-order valence-corrected chi connectivity index (χ3v) is 4.30. The van der Waals surface area contributed by atoms with Crippen molar-refractivity contribution in [3.05, 3.63) is 29.3 Å². The lowest BCUT2D eigenvalue weighted by atomic mass is 9.96. The number of benzene rings is 1. The van der Waals surface area contributed by atoms with E-state index in [1.54, 1.807) is 19.1 Å². The Morgan fingerprint density at radius 3 is 2.52 bits per heavy atom. The van der Waals surface area contributed by atoms with E-state index in [1.165, 1.54) is 12.8 Å². The molecule has 1 saturated carbocycles. The molecule has 0 bridgehead atoms. The van der Waals surface area contributed by atoms with Crippen molar-refractivity contribution >= 4 is 30.0 Å². The molecule has 0 radical (unpaired) electrons. The largest absolute Gasteiger partial charge is 0.486 e. The molecule has 0 amide bonds. The minimum atomic E-state index is -0.627. The standard InChI is InChI=1S/C17H24ClNO3.ClH/c1-11(19)17(20)21-12(2)16(13-6-3-4-7-13)22-15-9-5-8-14(18)10-15;/h5,8-13,16H,3-4,6-7,19H2,1-2H3;1H/t11-,12-,16-;/m0./s1. The quantitative estimate of drug-likeness (QED) is 0.778. The van der Waals surface area contributed by atoms with E-state index in [1.807, 2.05) is 19.1 Å². The zero-order valence-corrected chi connectivity index (χ0v) is 15.1. The summed E-state index contributed by atoms with van der Waals surface area (Å²) >= 11 is 6.01. The minimum Gasteiger partial charge on any atom is -0.486 e. The van der Waals surface area contributed by atoms with Crippen LogP contribution < -0.4 is 10.5 Å². The zero-order chi connectivity index (χ0) is 16.1. The van der Waals surface area contributed by atoms with E-state index in [2.05, 4.69) is 0 Å². The molecule has 0 heterocycles. The number of esters is 1. The highest BCUT2D eigenvalue weighted by atomic mass is 35.5. The van der Waals surface area contributed by atoms with Crippen LogP contribution in [0.15, 0.2) is 24.3 Å². The van der Waals surface area contributed by atoms with Crippen molar-refractivity contribution in [3.8, 4) is 5.75 Å². The second-order valence-electron chi connectivity index (χ2n) is 6.02. The third-order valence-electron chi connectivity index (χ3n) is 4.07. The Morgan fingerprint density at radius 1 is 1.30 bits per heavy atom. The molecule has 3 atom stereocenters. The molecular weight excluding hydrogens is 337 g/mol. The van der Waals surface area contributed by atoms with Crippen LogP contribution in [-0.2, 0) is 9.53 Å². The first-order valence-corrected chi connectivity index (χ1v) is 8.23. The van der Waals surface area contributed by atoms with Gasteiger partial charge in [-0.3, -0.25) is 4.79 Å². The van der Waals surface area contributed by atoms with Crippen molar-refractivity contribution in [1.82, 2.24) is 0 Å². The Bertz CT molecular complexity index is 504. The van der Waals surface area contributed by atoms with Gasteiger partial charge in [0.15, 0.2) is 0 Å². The maximum absolute atomic E-state index is 11.8. The highest BCUT2D eigenvalue weighted by molar-refractivity contribution is 6.30. The summed E-state index contributed by atoms with van der Waals surface area (Å²) in [6.45, 7) is 3.49. The Balaban J connectivity index is 0.00000264. The Labute approximate surface area is 149 Å². The zero-order valence-electron chi connectivity index (χ0n) is 13.5. The first-order chi connectivity index (χ1) is 10.5. The molecule has 0 saturated heterocycles. The fourth-order valence-corrected chi connectivity index (χ4v) is 3.10. The minimum absolute atomic E-state index is 0. The smallest absolute Gasteiger partial charge is 0.323 e. The van der Waals surface area contributed by atoms with E-state index in [4.69, 9.17) is 26.8 Å². The number of carbonyl (C=O) groups is 1. The van der Waals surface area contributed by atoms with Gasteiger partial charge in [0.05, 0.1) is 0 Å². The van der Waals surface area contributed by atoms with Crippen LogP contribution in [0.1, 0.15) is 39.5 Å². The number of carbonyl (C=O) groups excluding carboxylic acids is 1. The molecule has 4 nitrogen and oxygen atoms in total. The van der Waals surface area contributed by atoms with Crippen LogP contribution in [0.5, 0.6) is 5.75 Å². The van der Waals surface area contributed by atoms with Gasteiger partial charge in [0.2, 0.25) is 0 Å². The summed E-state index contributed by atoms with van der Waals surface area (Å²) in [6, 6.07) is 6.68. The van der Waals surface area contributed by atoms with Crippen LogP contribution in [-0.4, -0.2) is 24.2 Å². The molecule has 23 heavy (non-hydrogen) atoms. The third kappa shape index (κ3) is 5.87. The maximum Gasteiger partial charge on any atom is 0.323 e. The molecular formula is C17H25Cl2NO3. The molecule has 1 fully saturated rings. The van der Waals surface area contributed by atoms with Gasteiger partial charge in [-0.25, -0.2) is 0 Å². The normalized spacial score (nSPS) is 18.6. The molecule has 2 rings (SSSR count). The molecule has 2 N–H and O–H groups in total. The van der Waals surface area contributed by atoms with Crippen LogP contribution in [0, 0.1) is 5.92 Å². The van der Waals surface area contributed by atoms with E-state index < -0.39 is 12.0 Å². The van der Waals surface area contributed by atoms with Gasteiger partial charge in [-0.15, -0.1) is 12.4 Å². The molecule has 1 aromatic rings. The van der Waals surface area contributed by atoms with Crippen LogP contribution >= 0.6 is 24.0 Å². The molecule has 1 aliphatic rings. The van der Waals surface area contributed by atoms with Gasteiger partial charge in [-0.2, -0.15) is 0 Å². The van der Waals surface area contributed by atoms with Crippen LogP contribution in [0.3, 0.4) is 0 Å². The Morgan fingerprint density at radius 2 is 1.96 bits per heavy atom. The van der Waals surface area contributed by atoms with Crippen LogP contribution in [0.25, 0.3) is 0 Å². The van der Waals surface area contributed by atoms with Gasteiger partial charge in [0, 0.05) is 5.02 Å². The van der Waals surface area contributed by atoms with Gasteiger partial charge in [0.25, 0.3) is 0 Å². The topological polar surface area (TPSA) is 61.6 Å². The maximum atomic E-state index is 11.8. The van der Waals surface area contributed by atoms with E-state index in [9.17, 15) is 4.79 Å². The predicted octanol–water partition coefficient (Wildman–Crippen LogP) is 3.98. The molecule has 0 spiro atoms. The molecule has 0 aromatic heterocycles. The van der Waals surface area contributed by atoms with Crippen molar-refractivity contribution in [2.45, 2.75) is 57.8 Å². The lowest BCUT2D eigenvalue weighted by Gasteiger charge is -2.30. The number of hydrogen-bond donors (Lipinski definition) is 1. The molecule has 0 aliphatic heterocycles. The number of hydrogen-bond acceptors (Lipinski definition) is 4. The summed E-state index contributed by atoms with van der Waals surface area (Å²) in [6.07, 6.45) is 4.03. The first kappa shape index (κ1) is 20.1. The lowest BCUT2D eigenvalue weighted by Crippen LogP contribution is -2.41. The number of halogens is 2. The average molecular weight is 362 g/mol.